The van der Waals surface area contributed by atoms with Crippen molar-refractivity contribution in [1.82, 2.24) is 4.98 Å². The predicted molar refractivity (Wildman–Crippen MR) is 81.7 cm³/mol. The summed E-state index contributed by atoms with van der Waals surface area (Å²) in [7, 11) is 0. The summed E-state index contributed by atoms with van der Waals surface area (Å²) in [6.07, 6.45) is 1.15. The van der Waals surface area contributed by atoms with Crippen molar-refractivity contribution >= 4 is 27.8 Å². The molecule has 20 heavy (non-hydrogen) atoms. The molecule has 0 saturated heterocycles. The molecule has 5 heteroatoms. The molecule has 0 unspecified atom stereocenters. The van der Waals surface area contributed by atoms with Gasteiger partial charge in [-0.1, -0.05) is 30.3 Å². The summed E-state index contributed by atoms with van der Waals surface area (Å²) >= 11 is 3.40. The number of carbonyl (C=O) groups is 1. The molecular weight excluding hydrogens is 320 g/mol. The standard InChI is InChI=1S/C15H15BrN2O2/c1-10-11(2)14(17-8-13(10)16)18-15(19)20-9-12-6-4-3-5-7-12/h3-8H,9H2,1-2H3,(H,17,18,19). The van der Waals surface area contributed by atoms with Crippen LogP contribution in [0.2, 0.25) is 0 Å². The van der Waals surface area contributed by atoms with E-state index in [-0.39, 0.29) is 6.61 Å². The summed E-state index contributed by atoms with van der Waals surface area (Å²) in [5.74, 6) is 0.517. The van der Waals surface area contributed by atoms with Gasteiger partial charge in [0, 0.05) is 10.7 Å². The molecule has 0 atom stereocenters. The highest BCUT2D eigenvalue weighted by atomic mass is 79.9. The first-order valence-corrected chi connectivity index (χ1v) is 6.96. The normalized spacial score (nSPS) is 10.2. The van der Waals surface area contributed by atoms with Crippen LogP contribution >= 0.6 is 15.9 Å². The predicted octanol–water partition coefficient (Wildman–Crippen LogP) is 4.21. The maximum Gasteiger partial charge on any atom is 0.413 e. The minimum Gasteiger partial charge on any atom is -0.444 e. The van der Waals surface area contributed by atoms with E-state index in [2.05, 4.69) is 26.2 Å². The summed E-state index contributed by atoms with van der Waals surface area (Å²) in [6.45, 7) is 4.10. The van der Waals surface area contributed by atoms with Crippen LogP contribution in [-0.2, 0) is 11.3 Å². The maximum atomic E-state index is 11.7. The van der Waals surface area contributed by atoms with E-state index in [1.54, 1.807) is 6.20 Å². The van der Waals surface area contributed by atoms with Gasteiger partial charge >= 0.3 is 6.09 Å². The fraction of sp³-hybridized carbons (Fsp3) is 0.200. The van der Waals surface area contributed by atoms with Crippen molar-refractivity contribution in [2.75, 3.05) is 5.32 Å². The van der Waals surface area contributed by atoms with Crippen molar-refractivity contribution in [3.63, 3.8) is 0 Å². The highest BCUT2D eigenvalue weighted by Crippen LogP contribution is 2.23. The van der Waals surface area contributed by atoms with Gasteiger partial charge in [-0.3, -0.25) is 5.32 Å². The van der Waals surface area contributed by atoms with Gasteiger partial charge in [0.1, 0.15) is 12.4 Å². The van der Waals surface area contributed by atoms with Gasteiger partial charge < -0.3 is 4.74 Å². The molecule has 1 amide bonds. The average Bonchev–Trinajstić information content (AvgIpc) is 2.47. The Bertz CT molecular complexity index is 615. The molecule has 0 spiro atoms. The number of hydrogen-bond donors (Lipinski definition) is 1. The van der Waals surface area contributed by atoms with Gasteiger partial charge in [0.25, 0.3) is 0 Å². The lowest BCUT2D eigenvalue weighted by Gasteiger charge is -2.11. The fourth-order valence-electron chi connectivity index (χ4n) is 1.65. The quantitative estimate of drug-likeness (QED) is 0.914. The number of hydrogen-bond acceptors (Lipinski definition) is 3. The zero-order valence-corrected chi connectivity index (χ0v) is 12.9. The van der Waals surface area contributed by atoms with E-state index in [1.807, 2.05) is 44.2 Å². The number of nitrogens with zero attached hydrogens (tertiary/aromatic N) is 1. The summed E-state index contributed by atoms with van der Waals surface area (Å²) in [5.41, 5.74) is 2.90. The topological polar surface area (TPSA) is 51.2 Å². The Labute approximate surface area is 126 Å². The zero-order valence-electron chi connectivity index (χ0n) is 11.3. The molecule has 2 aromatic rings. The van der Waals surface area contributed by atoms with Crippen LogP contribution in [0.4, 0.5) is 10.6 Å². The van der Waals surface area contributed by atoms with Crippen molar-refractivity contribution in [3.05, 3.63) is 57.7 Å². The van der Waals surface area contributed by atoms with Crippen molar-refractivity contribution in [2.24, 2.45) is 0 Å². The number of rotatable bonds is 3. The molecule has 2 rings (SSSR count). The van der Waals surface area contributed by atoms with Crippen molar-refractivity contribution in [1.29, 1.82) is 0 Å². The minimum atomic E-state index is -0.508. The lowest BCUT2D eigenvalue weighted by molar-refractivity contribution is 0.155. The molecule has 104 valence electrons. The Kier molecular flexibility index (Phi) is 4.74. The molecular formula is C15H15BrN2O2. The monoisotopic (exact) mass is 334 g/mol. The van der Waals surface area contributed by atoms with Crippen LogP contribution < -0.4 is 5.32 Å². The van der Waals surface area contributed by atoms with Gasteiger partial charge in [-0.15, -0.1) is 0 Å². The molecule has 4 nitrogen and oxygen atoms in total. The fourth-order valence-corrected chi connectivity index (χ4v) is 2.05. The molecule has 1 aromatic heterocycles. The van der Waals surface area contributed by atoms with Gasteiger partial charge in [0.15, 0.2) is 0 Å². The van der Waals surface area contributed by atoms with E-state index in [0.717, 1.165) is 21.2 Å². The highest BCUT2D eigenvalue weighted by Gasteiger charge is 2.10. The molecule has 0 saturated carbocycles. The first kappa shape index (κ1) is 14.5. The second-order valence-electron chi connectivity index (χ2n) is 4.39. The smallest absolute Gasteiger partial charge is 0.413 e. The number of benzene rings is 1. The third kappa shape index (κ3) is 3.57. The van der Waals surface area contributed by atoms with Gasteiger partial charge in [-0.2, -0.15) is 0 Å². The SMILES string of the molecule is Cc1c(Br)cnc(NC(=O)OCc2ccccc2)c1C. The van der Waals surface area contributed by atoms with Gasteiger partial charge in [-0.25, -0.2) is 9.78 Å². The third-order valence-corrected chi connectivity index (χ3v) is 3.82. The van der Waals surface area contributed by atoms with Crippen molar-refractivity contribution in [3.8, 4) is 0 Å². The molecule has 1 aromatic carbocycles. The minimum absolute atomic E-state index is 0.237. The second kappa shape index (κ2) is 6.52. The van der Waals surface area contributed by atoms with Crippen molar-refractivity contribution < 1.29 is 9.53 Å². The molecule has 0 aliphatic carbocycles. The lowest BCUT2D eigenvalue weighted by Crippen LogP contribution is -2.15. The average molecular weight is 335 g/mol. The van der Waals surface area contributed by atoms with E-state index in [9.17, 15) is 4.79 Å². The van der Waals surface area contributed by atoms with E-state index in [1.165, 1.54) is 0 Å². The number of anilines is 1. The number of carbonyl (C=O) groups excluding carboxylic acids is 1. The van der Waals surface area contributed by atoms with E-state index >= 15 is 0 Å². The van der Waals surface area contributed by atoms with Crippen LogP contribution in [0, 0.1) is 13.8 Å². The van der Waals surface area contributed by atoms with E-state index < -0.39 is 6.09 Å². The molecule has 0 bridgehead atoms. The second-order valence-corrected chi connectivity index (χ2v) is 5.25. The number of pyridine rings is 1. The van der Waals surface area contributed by atoms with Crippen molar-refractivity contribution in [2.45, 2.75) is 20.5 Å². The van der Waals surface area contributed by atoms with Crippen LogP contribution in [0.15, 0.2) is 41.0 Å². The van der Waals surface area contributed by atoms with Crippen LogP contribution in [0.5, 0.6) is 0 Å². The number of halogens is 1. The third-order valence-electron chi connectivity index (χ3n) is 3.02. The molecule has 1 N–H and O–H groups in total. The number of amides is 1. The van der Waals surface area contributed by atoms with Crippen LogP contribution in [0.25, 0.3) is 0 Å². The first-order chi connectivity index (χ1) is 9.58. The van der Waals surface area contributed by atoms with E-state index in [0.29, 0.717) is 5.82 Å². The molecule has 0 aliphatic heterocycles. The molecule has 0 fully saturated rings. The van der Waals surface area contributed by atoms with Crippen LogP contribution in [0.1, 0.15) is 16.7 Å². The summed E-state index contributed by atoms with van der Waals surface area (Å²) in [6, 6.07) is 9.53. The Balaban J connectivity index is 1.97. The number of ether oxygens (including phenoxy) is 1. The van der Waals surface area contributed by atoms with Crippen LogP contribution in [0.3, 0.4) is 0 Å². The summed E-state index contributed by atoms with van der Waals surface area (Å²) in [5, 5.41) is 2.66. The summed E-state index contributed by atoms with van der Waals surface area (Å²) in [4.78, 5) is 15.9. The highest BCUT2D eigenvalue weighted by molar-refractivity contribution is 9.10. The van der Waals surface area contributed by atoms with E-state index in [4.69, 9.17) is 4.74 Å². The van der Waals surface area contributed by atoms with Gasteiger partial charge in [0.05, 0.1) is 0 Å². The Morgan fingerprint density at radius 1 is 1.25 bits per heavy atom. The van der Waals surface area contributed by atoms with Gasteiger partial charge in [-0.05, 0) is 46.5 Å². The van der Waals surface area contributed by atoms with Gasteiger partial charge in [0.2, 0.25) is 0 Å². The Morgan fingerprint density at radius 2 is 1.95 bits per heavy atom. The van der Waals surface area contributed by atoms with Crippen LogP contribution in [-0.4, -0.2) is 11.1 Å². The largest absolute Gasteiger partial charge is 0.444 e. The molecule has 0 radical (unpaired) electrons. The Hall–Kier alpha value is -1.88. The first-order valence-electron chi connectivity index (χ1n) is 6.17. The zero-order chi connectivity index (χ0) is 14.5. The Morgan fingerprint density at radius 3 is 2.65 bits per heavy atom. The molecule has 1 heterocycles. The maximum absolute atomic E-state index is 11.7. The number of nitrogens with one attached hydrogen (secondary N) is 1. The summed E-state index contributed by atoms with van der Waals surface area (Å²) < 4.78 is 6.07. The lowest BCUT2D eigenvalue weighted by atomic mass is 10.2. The number of aromatic nitrogens is 1. The molecule has 0 aliphatic rings.